The summed E-state index contributed by atoms with van der Waals surface area (Å²) in [7, 11) is 1.88. The van der Waals surface area contributed by atoms with E-state index >= 15 is 0 Å². The highest BCUT2D eigenvalue weighted by Crippen LogP contribution is 2.37. The molecule has 2 aromatic carbocycles. The second-order valence-corrected chi connectivity index (χ2v) is 6.96. The molecule has 0 spiro atoms. The first-order valence-electron chi connectivity index (χ1n) is 9.09. The highest BCUT2D eigenvalue weighted by atomic mass is 16.2. The van der Waals surface area contributed by atoms with Crippen LogP contribution in [0.2, 0.25) is 0 Å². The molecular weight excluding hydrogens is 368 g/mol. The zero-order valence-electron chi connectivity index (χ0n) is 15.8. The van der Waals surface area contributed by atoms with Crippen molar-refractivity contribution in [1.82, 2.24) is 19.0 Å². The predicted molar refractivity (Wildman–Crippen MR) is 108 cm³/mol. The van der Waals surface area contributed by atoms with Crippen LogP contribution in [0.25, 0.3) is 33.2 Å². The van der Waals surface area contributed by atoms with Crippen LogP contribution >= 0.6 is 0 Å². The van der Waals surface area contributed by atoms with E-state index in [0.29, 0.717) is 21.5 Å². The van der Waals surface area contributed by atoms with Gasteiger partial charge in [-0.1, -0.05) is 30.3 Å². The normalized spacial score (nSPS) is 14.6. The fourth-order valence-electron chi connectivity index (χ4n) is 3.95. The molecule has 2 aromatic heterocycles. The number of carbonyl (C=O) groups is 3. The first kappa shape index (κ1) is 17.1. The van der Waals surface area contributed by atoms with Crippen LogP contribution in [0, 0.1) is 0 Å². The molecule has 1 aliphatic rings. The molecule has 7 heteroatoms. The van der Waals surface area contributed by atoms with Crippen LogP contribution < -0.4 is 0 Å². The van der Waals surface area contributed by atoms with E-state index in [1.807, 2.05) is 66.3 Å². The number of aromatic nitrogens is 3. The van der Waals surface area contributed by atoms with Crippen LogP contribution in [0.15, 0.2) is 61.1 Å². The molecule has 0 atom stereocenters. The molecule has 7 nitrogen and oxygen atoms in total. The number of imidazole rings is 1. The summed E-state index contributed by atoms with van der Waals surface area (Å²) in [5.74, 6) is -1.88. The van der Waals surface area contributed by atoms with Crippen molar-refractivity contribution >= 4 is 50.9 Å². The Balaban J connectivity index is 1.88. The van der Waals surface area contributed by atoms with Gasteiger partial charge in [0.15, 0.2) is 0 Å². The van der Waals surface area contributed by atoms with E-state index in [1.54, 1.807) is 4.57 Å². The number of fused-ring (bicyclic) bond motifs is 2. The monoisotopic (exact) mass is 384 g/mol. The van der Waals surface area contributed by atoms with Crippen molar-refractivity contribution in [2.24, 2.45) is 7.05 Å². The van der Waals surface area contributed by atoms with E-state index in [4.69, 9.17) is 0 Å². The minimum Gasteiger partial charge on any atom is -0.350 e. The molecule has 0 unspecified atom stereocenters. The number of para-hydroxylation sites is 3. The number of hydrogen-bond donors (Lipinski definition) is 0. The van der Waals surface area contributed by atoms with Crippen molar-refractivity contribution in [3.05, 3.63) is 66.6 Å². The Kier molecular flexibility index (Phi) is 3.54. The van der Waals surface area contributed by atoms with Gasteiger partial charge in [-0.15, -0.1) is 0 Å². The number of benzene rings is 2. The second-order valence-electron chi connectivity index (χ2n) is 6.96. The third-order valence-electron chi connectivity index (χ3n) is 5.24. The number of carbonyl (C=O) groups excluding carboxylic acids is 3. The summed E-state index contributed by atoms with van der Waals surface area (Å²) in [6, 6.07) is 15.0. The quantitative estimate of drug-likeness (QED) is 0.498. The summed E-state index contributed by atoms with van der Waals surface area (Å²) in [6.07, 6.45) is 3.33. The average molecular weight is 384 g/mol. The Bertz CT molecular complexity index is 1390. The van der Waals surface area contributed by atoms with Crippen LogP contribution in [0.5, 0.6) is 0 Å². The lowest BCUT2D eigenvalue weighted by molar-refractivity contribution is -0.146. The number of aryl methyl sites for hydroxylation is 1. The lowest BCUT2D eigenvalue weighted by Gasteiger charge is -2.10. The molecule has 0 saturated carbocycles. The number of nitrogens with zero attached hydrogens (tertiary/aromatic N) is 4. The average Bonchev–Trinajstić information content (AvgIpc) is 3.34. The minimum atomic E-state index is -0.645. The maximum atomic E-state index is 13.2. The number of rotatable bonds is 2. The fraction of sp³-hybridized carbons (Fsp3) is 0.0909. The number of imide groups is 3. The Morgan fingerprint density at radius 2 is 1.62 bits per heavy atom. The molecule has 4 aromatic rings. The third-order valence-corrected chi connectivity index (χ3v) is 5.24. The van der Waals surface area contributed by atoms with Gasteiger partial charge in [0, 0.05) is 36.6 Å². The molecule has 3 heterocycles. The Hall–Kier alpha value is -4.00. The fourth-order valence-corrected chi connectivity index (χ4v) is 3.95. The van der Waals surface area contributed by atoms with Crippen molar-refractivity contribution in [3.8, 4) is 0 Å². The molecule has 3 amide bonds. The largest absolute Gasteiger partial charge is 0.350 e. The first-order valence-corrected chi connectivity index (χ1v) is 9.09. The van der Waals surface area contributed by atoms with Gasteiger partial charge in [0.2, 0.25) is 5.91 Å². The van der Waals surface area contributed by atoms with Crippen LogP contribution in [0.3, 0.4) is 0 Å². The third kappa shape index (κ3) is 2.30. The van der Waals surface area contributed by atoms with Crippen LogP contribution in [0.4, 0.5) is 0 Å². The highest BCUT2D eigenvalue weighted by molar-refractivity contribution is 6.50. The van der Waals surface area contributed by atoms with E-state index in [9.17, 15) is 14.4 Å². The number of hydrogen-bond acceptors (Lipinski definition) is 4. The van der Waals surface area contributed by atoms with Gasteiger partial charge < -0.3 is 4.57 Å². The standard InChI is InChI=1S/C22H16N4O3/c1-13(27)26-21(28)19(15-11-24(2)17-9-5-3-7-14(15)17)20(22(26)29)25-12-23-16-8-4-6-10-18(16)25/h3-12H,1-2H3. The molecule has 0 fully saturated rings. The van der Waals surface area contributed by atoms with E-state index in [-0.39, 0.29) is 11.3 Å². The minimum absolute atomic E-state index is 0.134. The van der Waals surface area contributed by atoms with E-state index in [0.717, 1.165) is 10.9 Å². The predicted octanol–water partition coefficient (Wildman–Crippen LogP) is 2.81. The maximum absolute atomic E-state index is 13.2. The van der Waals surface area contributed by atoms with Gasteiger partial charge in [0.25, 0.3) is 11.8 Å². The second kappa shape index (κ2) is 6.00. The molecule has 0 radical (unpaired) electrons. The van der Waals surface area contributed by atoms with Gasteiger partial charge in [-0.05, 0) is 18.2 Å². The molecular formula is C22H16N4O3. The van der Waals surface area contributed by atoms with Crippen molar-refractivity contribution < 1.29 is 14.4 Å². The van der Waals surface area contributed by atoms with Crippen molar-refractivity contribution in [1.29, 1.82) is 0 Å². The van der Waals surface area contributed by atoms with Crippen molar-refractivity contribution in [3.63, 3.8) is 0 Å². The lowest BCUT2D eigenvalue weighted by Crippen LogP contribution is -2.36. The molecule has 5 rings (SSSR count). The molecule has 29 heavy (non-hydrogen) atoms. The Morgan fingerprint density at radius 1 is 0.931 bits per heavy atom. The number of amides is 3. The zero-order chi connectivity index (χ0) is 20.3. The van der Waals surface area contributed by atoms with Crippen LogP contribution in [0.1, 0.15) is 12.5 Å². The summed E-state index contributed by atoms with van der Waals surface area (Å²) in [4.78, 5) is 43.6. The van der Waals surface area contributed by atoms with Gasteiger partial charge in [-0.25, -0.2) is 9.88 Å². The van der Waals surface area contributed by atoms with Gasteiger partial charge in [0.1, 0.15) is 12.0 Å². The van der Waals surface area contributed by atoms with E-state index < -0.39 is 17.7 Å². The highest BCUT2D eigenvalue weighted by Gasteiger charge is 2.43. The smallest absolute Gasteiger partial charge is 0.285 e. The molecule has 1 aliphatic heterocycles. The van der Waals surface area contributed by atoms with Crippen LogP contribution in [-0.2, 0) is 21.4 Å². The zero-order valence-corrected chi connectivity index (χ0v) is 15.8. The van der Waals surface area contributed by atoms with E-state index in [2.05, 4.69) is 4.98 Å². The summed E-state index contributed by atoms with van der Waals surface area (Å²) in [5.41, 5.74) is 3.25. The lowest BCUT2D eigenvalue weighted by atomic mass is 10.0. The molecule has 0 bridgehead atoms. The Morgan fingerprint density at radius 3 is 2.38 bits per heavy atom. The van der Waals surface area contributed by atoms with Crippen molar-refractivity contribution in [2.45, 2.75) is 6.92 Å². The molecule has 142 valence electrons. The van der Waals surface area contributed by atoms with Crippen LogP contribution in [-0.4, -0.2) is 36.7 Å². The molecule has 0 saturated heterocycles. The molecule has 0 aliphatic carbocycles. The summed E-state index contributed by atoms with van der Waals surface area (Å²) < 4.78 is 3.49. The summed E-state index contributed by atoms with van der Waals surface area (Å²) in [5, 5.41) is 0.832. The summed E-state index contributed by atoms with van der Waals surface area (Å²) in [6.45, 7) is 1.21. The maximum Gasteiger partial charge on any atom is 0.285 e. The van der Waals surface area contributed by atoms with Gasteiger partial charge >= 0.3 is 0 Å². The first-order chi connectivity index (χ1) is 14.0. The van der Waals surface area contributed by atoms with Gasteiger partial charge in [0.05, 0.1) is 16.6 Å². The molecule has 0 N–H and O–H groups in total. The topological polar surface area (TPSA) is 77.2 Å². The Labute approximate surface area is 165 Å². The SMILES string of the molecule is CC(=O)N1C(=O)C(c2cn(C)c3ccccc23)=C(n2cnc3ccccc32)C1=O. The van der Waals surface area contributed by atoms with Crippen molar-refractivity contribution in [2.75, 3.05) is 0 Å². The van der Waals surface area contributed by atoms with E-state index in [1.165, 1.54) is 13.3 Å². The van der Waals surface area contributed by atoms with Gasteiger partial charge in [-0.3, -0.25) is 19.0 Å². The summed E-state index contributed by atoms with van der Waals surface area (Å²) >= 11 is 0. The van der Waals surface area contributed by atoms with Gasteiger partial charge in [-0.2, -0.15) is 0 Å².